The van der Waals surface area contributed by atoms with Gasteiger partial charge in [-0.2, -0.15) is 0 Å². The molecule has 0 spiro atoms. The molecule has 16 nitrogen and oxygen atoms in total. The van der Waals surface area contributed by atoms with Gasteiger partial charge in [-0.25, -0.2) is 23.1 Å². The number of pyridine rings is 1. The first-order chi connectivity index (χ1) is 30.3. The number of carbonyl (C=O) groups excluding carboxylic acids is 1. The summed E-state index contributed by atoms with van der Waals surface area (Å²) in [6.07, 6.45) is 6.46. The molecule has 0 unspecified atom stereocenters. The highest BCUT2D eigenvalue weighted by Crippen LogP contribution is 2.43. The van der Waals surface area contributed by atoms with Gasteiger partial charge in [-0.15, -0.1) is 0 Å². The standard InChI is InChI=1S/C45H48ClN9O7S/c1-45(2)11-9-31(37(25-45)29-3-5-32(46)6-4-29)27-52-13-15-54(16-14-52)33-7-8-36(40(22-33)62-34-21-30-10-12-47-43(30)48-26-34)44(56)51-63(59,60)35-23-38-42(39(24-35)55(57)58)50-41(49-38)28-53-17-19-61-20-18-53/h3-8,10,12,21-24,26H,9,11,13-20,25,27-28H2,1-2H3,(H,47,48)(H,49,50)(H,51,56). The van der Waals surface area contributed by atoms with Gasteiger partial charge in [-0.3, -0.25) is 24.7 Å². The summed E-state index contributed by atoms with van der Waals surface area (Å²) in [5.74, 6) is -0.0738. The van der Waals surface area contributed by atoms with Gasteiger partial charge in [0, 0.05) is 80.2 Å². The molecule has 2 aliphatic heterocycles. The van der Waals surface area contributed by atoms with Gasteiger partial charge in [0.2, 0.25) is 0 Å². The molecule has 0 radical (unpaired) electrons. The molecule has 3 aromatic carbocycles. The molecule has 3 aromatic heterocycles. The molecule has 1 aliphatic carbocycles. The Hall–Kier alpha value is -5.85. The monoisotopic (exact) mass is 893 g/mol. The van der Waals surface area contributed by atoms with Crippen molar-refractivity contribution in [1.29, 1.82) is 0 Å². The summed E-state index contributed by atoms with van der Waals surface area (Å²) >= 11 is 6.24. The van der Waals surface area contributed by atoms with Crippen LogP contribution in [-0.2, 0) is 21.3 Å². The number of halogens is 1. The highest BCUT2D eigenvalue weighted by molar-refractivity contribution is 7.90. The minimum absolute atomic E-state index is 0.0199. The number of nitrogens with zero attached hydrogens (tertiary/aromatic N) is 6. The van der Waals surface area contributed by atoms with Crippen LogP contribution in [0.4, 0.5) is 11.4 Å². The molecule has 18 heteroatoms. The minimum Gasteiger partial charge on any atom is -0.455 e. The van der Waals surface area contributed by atoms with E-state index in [2.05, 4.69) is 65.3 Å². The number of nitro benzene ring substituents is 1. The number of hydrogen-bond donors (Lipinski definition) is 3. The summed E-state index contributed by atoms with van der Waals surface area (Å²) in [7, 11) is -4.64. The number of nitrogens with one attached hydrogen (secondary N) is 3. The average molecular weight is 894 g/mol. The Balaban J connectivity index is 0.957. The van der Waals surface area contributed by atoms with Crippen LogP contribution in [0.5, 0.6) is 11.5 Å². The van der Waals surface area contributed by atoms with Crippen LogP contribution in [0.1, 0.15) is 54.9 Å². The van der Waals surface area contributed by atoms with Gasteiger partial charge in [0.05, 0.1) is 46.9 Å². The number of amides is 1. The molecule has 9 rings (SSSR count). The lowest BCUT2D eigenvalue weighted by molar-refractivity contribution is -0.383. The molecule has 6 aromatic rings. The van der Waals surface area contributed by atoms with Crippen LogP contribution in [-0.4, -0.2) is 108 Å². The zero-order valence-corrected chi connectivity index (χ0v) is 36.6. The zero-order valence-electron chi connectivity index (χ0n) is 35.0. The molecule has 328 valence electrons. The van der Waals surface area contributed by atoms with E-state index in [9.17, 15) is 23.3 Å². The fourth-order valence-electron chi connectivity index (χ4n) is 8.68. The number of allylic oxidation sites excluding steroid dienone is 1. The highest BCUT2D eigenvalue weighted by atomic mass is 35.5. The van der Waals surface area contributed by atoms with E-state index in [1.54, 1.807) is 24.4 Å². The smallest absolute Gasteiger partial charge is 0.298 e. The van der Waals surface area contributed by atoms with Crippen molar-refractivity contribution in [2.45, 2.75) is 44.6 Å². The van der Waals surface area contributed by atoms with Crippen LogP contribution in [0.3, 0.4) is 0 Å². The predicted molar refractivity (Wildman–Crippen MR) is 241 cm³/mol. The number of rotatable bonds is 12. The number of benzene rings is 3. The van der Waals surface area contributed by atoms with E-state index in [1.165, 1.54) is 35.0 Å². The summed E-state index contributed by atoms with van der Waals surface area (Å²) in [4.78, 5) is 46.8. The predicted octanol–water partition coefficient (Wildman–Crippen LogP) is 7.53. The maximum absolute atomic E-state index is 14.0. The summed E-state index contributed by atoms with van der Waals surface area (Å²) in [6, 6.07) is 19.0. The molecule has 3 aliphatic rings. The number of carbonyl (C=O) groups is 1. The number of anilines is 1. The quantitative estimate of drug-likeness (QED) is 0.0810. The first-order valence-corrected chi connectivity index (χ1v) is 22.9. The van der Waals surface area contributed by atoms with Crippen molar-refractivity contribution in [3.63, 3.8) is 0 Å². The number of aromatic amines is 2. The molecule has 0 bridgehead atoms. The van der Waals surface area contributed by atoms with Gasteiger partial charge in [0.1, 0.15) is 23.0 Å². The third-order valence-corrected chi connectivity index (χ3v) is 13.7. The number of aromatic nitrogens is 4. The van der Waals surface area contributed by atoms with Gasteiger partial charge in [-0.05, 0) is 78.3 Å². The topological polar surface area (TPSA) is 192 Å². The van der Waals surface area contributed by atoms with Crippen molar-refractivity contribution in [2.24, 2.45) is 5.41 Å². The van der Waals surface area contributed by atoms with Crippen LogP contribution >= 0.6 is 11.6 Å². The van der Waals surface area contributed by atoms with Gasteiger partial charge >= 0.3 is 0 Å². The number of hydrogen-bond acceptors (Lipinski definition) is 12. The number of H-pyrrole nitrogens is 2. The Morgan fingerprint density at radius 1 is 0.984 bits per heavy atom. The number of fused-ring (bicyclic) bond motifs is 2. The van der Waals surface area contributed by atoms with Crippen LogP contribution in [0, 0.1) is 15.5 Å². The second-order valence-electron chi connectivity index (χ2n) is 17.2. The Labute approximate surface area is 369 Å². The zero-order chi connectivity index (χ0) is 43.9. The van der Waals surface area contributed by atoms with Gasteiger partial charge in [0.25, 0.3) is 21.6 Å². The van der Waals surface area contributed by atoms with Gasteiger partial charge in [0.15, 0.2) is 5.52 Å². The number of sulfonamides is 1. The lowest BCUT2D eigenvalue weighted by Gasteiger charge is -2.39. The SMILES string of the molecule is CC1(C)CCC(CN2CCN(c3ccc(C(=O)NS(=O)(=O)c4cc([N+](=O)[O-])c5nc(CN6CCOCC6)[nH]c5c4)c(Oc4cnc5[nH]ccc5c4)c3)CC2)=C(c2ccc(Cl)cc2)C1. The van der Waals surface area contributed by atoms with E-state index in [4.69, 9.17) is 21.1 Å². The molecule has 2 fully saturated rings. The van der Waals surface area contributed by atoms with Crippen LogP contribution < -0.4 is 14.4 Å². The second kappa shape index (κ2) is 17.4. The highest BCUT2D eigenvalue weighted by Gasteiger charge is 2.31. The number of imidazole rings is 1. The minimum atomic E-state index is -4.64. The Bertz CT molecular complexity index is 2840. The molecule has 0 saturated carbocycles. The summed E-state index contributed by atoms with van der Waals surface area (Å²) in [5, 5.41) is 13.7. The Morgan fingerprint density at radius 3 is 2.51 bits per heavy atom. The van der Waals surface area contributed by atoms with Crippen LogP contribution in [0.25, 0.3) is 27.6 Å². The van der Waals surface area contributed by atoms with E-state index >= 15 is 0 Å². The lowest BCUT2D eigenvalue weighted by Crippen LogP contribution is -2.47. The van der Waals surface area contributed by atoms with Crippen molar-refractivity contribution in [3.8, 4) is 11.5 Å². The molecule has 5 heterocycles. The lowest BCUT2D eigenvalue weighted by atomic mass is 9.72. The molecular formula is C45H48ClN9O7S. The van der Waals surface area contributed by atoms with Crippen LogP contribution in [0.2, 0.25) is 5.02 Å². The van der Waals surface area contributed by atoms with Gasteiger partial charge < -0.3 is 24.3 Å². The maximum Gasteiger partial charge on any atom is 0.298 e. The fraction of sp³-hybridized carbons (Fsp3) is 0.356. The third kappa shape index (κ3) is 9.43. The Morgan fingerprint density at radius 2 is 1.75 bits per heavy atom. The fourth-order valence-corrected chi connectivity index (χ4v) is 9.82. The van der Waals surface area contributed by atoms with Crippen LogP contribution in [0.15, 0.2) is 89.6 Å². The summed E-state index contributed by atoms with van der Waals surface area (Å²) in [6.45, 7) is 11.4. The molecule has 3 N–H and O–H groups in total. The van der Waals surface area contributed by atoms with Crippen molar-refractivity contribution < 1.29 is 27.6 Å². The van der Waals surface area contributed by atoms with E-state index in [-0.39, 0.29) is 27.8 Å². The normalized spacial score (nSPS) is 17.7. The molecule has 2 saturated heterocycles. The molecular weight excluding hydrogens is 846 g/mol. The van der Waals surface area contributed by atoms with Crippen molar-refractivity contribution in [1.82, 2.24) is 34.5 Å². The second-order valence-corrected chi connectivity index (χ2v) is 19.3. The molecule has 0 atom stereocenters. The number of morpholine rings is 1. The largest absolute Gasteiger partial charge is 0.455 e. The summed E-state index contributed by atoms with van der Waals surface area (Å²) in [5.41, 5.74) is 5.39. The van der Waals surface area contributed by atoms with Gasteiger partial charge in [-0.1, -0.05) is 43.2 Å². The van der Waals surface area contributed by atoms with E-state index in [0.29, 0.717) is 63.2 Å². The third-order valence-electron chi connectivity index (χ3n) is 12.1. The average Bonchev–Trinajstić information content (AvgIpc) is 3.91. The van der Waals surface area contributed by atoms with E-state index in [0.717, 1.165) is 61.1 Å². The van der Waals surface area contributed by atoms with E-state index in [1.807, 2.05) is 18.2 Å². The maximum atomic E-state index is 14.0. The van der Waals surface area contributed by atoms with E-state index < -0.39 is 31.4 Å². The van der Waals surface area contributed by atoms with Crippen molar-refractivity contribution in [2.75, 3.05) is 63.9 Å². The van der Waals surface area contributed by atoms with Crippen molar-refractivity contribution in [3.05, 3.63) is 117 Å². The first-order valence-electron chi connectivity index (χ1n) is 21.0. The summed E-state index contributed by atoms with van der Waals surface area (Å²) < 4.78 is 41.7. The number of non-ortho nitro benzene ring substituents is 1. The number of piperazine rings is 1. The molecule has 63 heavy (non-hydrogen) atoms. The number of nitro groups is 1. The first kappa shape index (κ1) is 42.5. The van der Waals surface area contributed by atoms with Crippen molar-refractivity contribution >= 4 is 66.5 Å². The number of ether oxygens (including phenoxy) is 2. The molecule has 1 amide bonds. The Kier molecular flexibility index (Phi) is 11.7.